The van der Waals surface area contributed by atoms with Crippen LogP contribution in [0.2, 0.25) is 0 Å². The van der Waals surface area contributed by atoms with Gasteiger partial charge in [0.05, 0.1) is 12.3 Å². The summed E-state index contributed by atoms with van der Waals surface area (Å²) >= 11 is 1.12. The quantitative estimate of drug-likeness (QED) is 0.786. The van der Waals surface area contributed by atoms with Crippen molar-refractivity contribution in [3.8, 4) is 0 Å². The van der Waals surface area contributed by atoms with Gasteiger partial charge in [-0.25, -0.2) is 0 Å². The Morgan fingerprint density at radius 2 is 2.05 bits per heavy atom. The highest BCUT2D eigenvalue weighted by Crippen LogP contribution is 2.21. The van der Waals surface area contributed by atoms with Crippen molar-refractivity contribution >= 4 is 23.7 Å². The smallest absolute Gasteiger partial charge is 0.313 e. The van der Waals surface area contributed by atoms with Crippen LogP contribution in [0.1, 0.15) is 18.1 Å². The fourth-order valence-electron chi connectivity index (χ4n) is 1.91. The Hall–Kier alpha value is -2.02. The molecule has 106 valence electrons. The molecule has 0 aliphatic carbocycles. The van der Waals surface area contributed by atoms with E-state index < -0.39 is 5.97 Å². The van der Waals surface area contributed by atoms with Gasteiger partial charge in [-0.15, -0.1) is 10.2 Å². The lowest BCUT2D eigenvalue weighted by Gasteiger charge is -2.11. The van der Waals surface area contributed by atoms with Crippen LogP contribution in [0.25, 0.3) is 0 Å². The molecule has 7 heteroatoms. The normalized spacial score (nSPS) is 10.7. The molecular formula is C13H16N4O2S. The zero-order valence-corrected chi connectivity index (χ0v) is 11.9. The molecule has 0 radical (unpaired) electrons. The van der Waals surface area contributed by atoms with Gasteiger partial charge in [-0.2, -0.15) is 0 Å². The first-order chi connectivity index (χ1) is 9.61. The molecule has 3 N–H and O–H groups in total. The largest absolute Gasteiger partial charge is 0.481 e. The molecular weight excluding hydrogens is 276 g/mol. The maximum absolute atomic E-state index is 10.6. The topological polar surface area (TPSA) is 94.0 Å². The molecule has 0 atom stereocenters. The summed E-state index contributed by atoms with van der Waals surface area (Å²) in [6, 6.07) is 8.07. The van der Waals surface area contributed by atoms with Gasteiger partial charge in [0.15, 0.2) is 5.16 Å². The number of thioether (sulfide) groups is 1. The minimum atomic E-state index is -0.892. The first-order valence-electron chi connectivity index (χ1n) is 6.21. The molecule has 1 aromatic carbocycles. The van der Waals surface area contributed by atoms with Gasteiger partial charge in [-0.3, -0.25) is 9.36 Å². The van der Waals surface area contributed by atoms with Crippen LogP contribution in [-0.2, 0) is 17.8 Å². The van der Waals surface area contributed by atoms with E-state index in [-0.39, 0.29) is 5.75 Å². The summed E-state index contributed by atoms with van der Waals surface area (Å²) in [6.45, 7) is 2.64. The number of nitrogens with two attached hydrogens (primary N) is 1. The molecule has 20 heavy (non-hydrogen) atoms. The number of anilines is 1. The predicted molar refractivity (Wildman–Crippen MR) is 77.7 cm³/mol. The van der Waals surface area contributed by atoms with Gasteiger partial charge in [0, 0.05) is 0 Å². The van der Waals surface area contributed by atoms with Crippen molar-refractivity contribution < 1.29 is 9.90 Å². The summed E-state index contributed by atoms with van der Waals surface area (Å²) < 4.78 is 1.74. The first kappa shape index (κ1) is 14.4. The molecule has 2 rings (SSSR count). The lowest BCUT2D eigenvalue weighted by molar-refractivity contribution is -0.133. The molecule has 0 fully saturated rings. The van der Waals surface area contributed by atoms with Crippen LogP contribution < -0.4 is 5.73 Å². The van der Waals surface area contributed by atoms with Gasteiger partial charge in [0.1, 0.15) is 0 Å². The van der Waals surface area contributed by atoms with E-state index in [0.717, 1.165) is 23.7 Å². The number of aromatic nitrogens is 3. The van der Waals surface area contributed by atoms with Crippen molar-refractivity contribution in [2.45, 2.75) is 25.0 Å². The number of nitrogens with zero attached hydrogens (tertiary/aromatic N) is 3. The highest BCUT2D eigenvalue weighted by atomic mass is 32.2. The Bertz CT molecular complexity index is 612. The third-order valence-electron chi connectivity index (χ3n) is 2.90. The Kier molecular flexibility index (Phi) is 4.62. The van der Waals surface area contributed by atoms with E-state index in [9.17, 15) is 4.79 Å². The van der Waals surface area contributed by atoms with Crippen molar-refractivity contribution in [3.63, 3.8) is 0 Å². The average molecular weight is 292 g/mol. The molecule has 0 saturated carbocycles. The summed E-state index contributed by atoms with van der Waals surface area (Å²) in [5.74, 6) is -0.658. The summed E-state index contributed by atoms with van der Waals surface area (Å²) in [5, 5.41) is 17.0. The van der Waals surface area contributed by atoms with Crippen LogP contribution >= 0.6 is 11.8 Å². The van der Waals surface area contributed by atoms with Gasteiger partial charge in [-0.1, -0.05) is 43.0 Å². The Labute approximate surface area is 121 Å². The molecule has 1 heterocycles. The fourth-order valence-corrected chi connectivity index (χ4v) is 2.57. The van der Waals surface area contributed by atoms with Crippen molar-refractivity contribution in [2.75, 3.05) is 11.5 Å². The standard InChI is InChI=1S/C13H16N4O2S/c1-2-9-5-3-4-6-10(9)7-17-12(14)15-16-13(17)20-8-11(18)19/h3-6H,2,7-8H2,1H3,(H2,14,15)(H,18,19). The van der Waals surface area contributed by atoms with E-state index in [1.165, 1.54) is 5.56 Å². The molecule has 0 spiro atoms. The number of benzene rings is 1. The van der Waals surface area contributed by atoms with Crippen molar-refractivity contribution in [2.24, 2.45) is 0 Å². The Morgan fingerprint density at radius 1 is 1.35 bits per heavy atom. The van der Waals surface area contributed by atoms with E-state index in [0.29, 0.717) is 17.6 Å². The van der Waals surface area contributed by atoms with Gasteiger partial charge < -0.3 is 10.8 Å². The number of carboxylic acids is 1. The van der Waals surface area contributed by atoms with E-state index in [1.807, 2.05) is 18.2 Å². The minimum absolute atomic E-state index is 0.0619. The van der Waals surface area contributed by atoms with E-state index in [2.05, 4.69) is 23.2 Å². The highest BCUT2D eigenvalue weighted by molar-refractivity contribution is 7.99. The first-order valence-corrected chi connectivity index (χ1v) is 7.20. The molecule has 0 aliphatic heterocycles. The summed E-state index contributed by atoms with van der Waals surface area (Å²) in [6.07, 6.45) is 0.926. The number of aryl methyl sites for hydroxylation is 1. The molecule has 1 aromatic heterocycles. The number of aliphatic carboxylic acids is 1. The van der Waals surface area contributed by atoms with Crippen molar-refractivity contribution in [1.82, 2.24) is 14.8 Å². The van der Waals surface area contributed by atoms with Gasteiger partial charge in [-0.05, 0) is 17.5 Å². The SMILES string of the molecule is CCc1ccccc1Cn1c(N)nnc1SCC(=O)O. The monoisotopic (exact) mass is 292 g/mol. The summed E-state index contributed by atoms with van der Waals surface area (Å²) in [4.78, 5) is 10.6. The number of rotatable bonds is 6. The number of nitrogen functional groups attached to an aromatic ring is 1. The zero-order valence-electron chi connectivity index (χ0n) is 11.1. The van der Waals surface area contributed by atoms with Crippen molar-refractivity contribution in [1.29, 1.82) is 0 Å². The predicted octanol–water partition coefficient (Wildman–Crippen LogP) is 1.65. The maximum Gasteiger partial charge on any atom is 0.313 e. The highest BCUT2D eigenvalue weighted by Gasteiger charge is 2.13. The summed E-state index contributed by atoms with van der Waals surface area (Å²) in [7, 11) is 0. The Balaban J connectivity index is 2.24. The molecule has 0 amide bonds. The van der Waals surface area contributed by atoms with Crippen molar-refractivity contribution in [3.05, 3.63) is 35.4 Å². The third-order valence-corrected chi connectivity index (χ3v) is 3.85. The minimum Gasteiger partial charge on any atom is -0.481 e. The molecule has 6 nitrogen and oxygen atoms in total. The van der Waals surface area contributed by atoms with E-state index in [1.54, 1.807) is 4.57 Å². The van der Waals surface area contributed by atoms with Crippen LogP contribution in [0.4, 0.5) is 5.95 Å². The Morgan fingerprint density at radius 3 is 2.70 bits per heavy atom. The van der Waals surface area contributed by atoms with Crippen LogP contribution in [0.5, 0.6) is 0 Å². The molecule has 0 unspecified atom stereocenters. The van der Waals surface area contributed by atoms with Gasteiger partial charge >= 0.3 is 5.97 Å². The van der Waals surface area contributed by atoms with Crippen LogP contribution in [0.15, 0.2) is 29.4 Å². The fraction of sp³-hybridized carbons (Fsp3) is 0.308. The number of carbonyl (C=O) groups is 1. The van der Waals surface area contributed by atoms with Crippen LogP contribution in [0, 0.1) is 0 Å². The molecule has 0 saturated heterocycles. The second-order valence-electron chi connectivity index (χ2n) is 4.23. The van der Waals surface area contributed by atoms with E-state index in [4.69, 9.17) is 10.8 Å². The van der Waals surface area contributed by atoms with Crippen LogP contribution in [0.3, 0.4) is 0 Å². The van der Waals surface area contributed by atoms with Crippen LogP contribution in [-0.4, -0.2) is 31.6 Å². The average Bonchev–Trinajstić information content (AvgIpc) is 2.78. The molecule has 0 aliphatic rings. The number of hydrogen-bond donors (Lipinski definition) is 2. The third kappa shape index (κ3) is 3.30. The maximum atomic E-state index is 10.6. The summed E-state index contributed by atoms with van der Waals surface area (Å²) in [5.41, 5.74) is 8.18. The lowest BCUT2D eigenvalue weighted by Crippen LogP contribution is -2.09. The number of hydrogen-bond acceptors (Lipinski definition) is 5. The van der Waals surface area contributed by atoms with Gasteiger partial charge in [0.2, 0.25) is 5.95 Å². The number of carboxylic acid groups (broad SMARTS) is 1. The molecule has 0 bridgehead atoms. The van der Waals surface area contributed by atoms with Gasteiger partial charge in [0.25, 0.3) is 0 Å². The second-order valence-corrected chi connectivity index (χ2v) is 5.17. The second kappa shape index (κ2) is 6.42. The zero-order chi connectivity index (χ0) is 14.5. The molecule has 2 aromatic rings. The van der Waals surface area contributed by atoms with E-state index >= 15 is 0 Å². The lowest BCUT2D eigenvalue weighted by atomic mass is 10.1.